The van der Waals surface area contributed by atoms with Gasteiger partial charge in [-0.3, -0.25) is 14.4 Å². The van der Waals surface area contributed by atoms with Crippen LogP contribution in [0.15, 0.2) is 0 Å². The van der Waals surface area contributed by atoms with Crippen molar-refractivity contribution in [3.63, 3.8) is 0 Å². The Hall–Kier alpha value is -1.28. The maximum atomic E-state index is 13.9. The van der Waals surface area contributed by atoms with Gasteiger partial charge in [-0.25, -0.2) is 0 Å². The highest BCUT2D eigenvalue weighted by molar-refractivity contribution is 8.02. The zero-order chi connectivity index (χ0) is 23.6. The van der Waals surface area contributed by atoms with E-state index in [0.29, 0.717) is 13.0 Å². The number of amides is 3. The summed E-state index contributed by atoms with van der Waals surface area (Å²) < 4.78 is -0.587. The van der Waals surface area contributed by atoms with Gasteiger partial charge in [0.1, 0.15) is 6.04 Å². The molecular formula is C24H41N3O4S. The summed E-state index contributed by atoms with van der Waals surface area (Å²) in [6, 6.07) is -1.04. The van der Waals surface area contributed by atoms with Gasteiger partial charge in [-0.2, -0.15) is 0 Å². The second-order valence-corrected chi connectivity index (χ2v) is 11.9. The van der Waals surface area contributed by atoms with Crippen molar-refractivity contribution in [1.82, 2.24) is 15.5 Å². The molecule has 0 aliphatic carbocycles. The minimum Gasteiger partial charge on any atom is -0.394 e. The van der Waals surface area contributed by atoms with Gasteiger partial charge in [0.2, 0.25) is 17.7 Å². The van der Waals surface area contributed by atoms with E-state index in [1.165, 1.54) is 0 Å². The molecule has 182 valence electrons. The predicted octanol–water partition coefficient (Wildman–Crippen LogP) is 2.32. The Balaban J connectivity index is 1.98. The third-order valence-electron chi connectivity index (χ3n) is 7.30. The highest BCUT2D eigenvalue weighted by Gasteiger charge is 2.74. The fourth-order valence-corrected chi connectivity index (χ4v) is 8.30. The number of carbonyl (C=O) groups excluding carboxylic acids is 3. The molecule has 2 bridgehead atoms. The average Bonchev–Trinajstić information content (AvgIpc) is 3.37. The Morgan fingerprint density at radius 1 is 1.22 bits per heavy atom. The topological polar surface area (TPSA) is 98.7 Å². The standard InChI is InChI=1S/C24H41N3O4S/c1-6-8-15(5)26-22(30)20-24-10-9-17(32-24)18(21(29)25-11-7-2)19(24)23(31)27(20)16(13-28)12-14(3)4/h14-20,28H,6-13H2,1-5H3,(H,25,29)(H,26,30)/t15?,16-,17+,18-,19+,20?,24?/m1/s1. The third-order valence-corrected chi connectivity index (χ3v) is 9.25. The summed E-state index contributed by atoms with van der Waals surface area (Å²) >= 11 is 1.68. The molecule has 0 aromatic rings. The van der Waals surface area contributed by atoms with Crippen LogP contribution in [-0.2, 0) is 14.4 Å². The van der Waals surface area contributed by atoms with Crippen LogP contribution in [0.2, 0.25) is 0 Å². The Bertz CT molecular complexity index is 717. The molecule has 32 heavy (non-hydrogen) atoms. The molecule has 0 saturated carbocycles. The number of nitrogens with zero attached hydrogens (tertiary/aromatic N) is 1. The molecule has 3 unspecified atom stereocenters. The molecule has 3 amide bonds. The number of aliphatic hydroxyl groups excluding tert-OH is 1. The number of nitrogens with one attached hydrogen (secondary N) is 2. The van der Waals surface area contributed by atoms with Gasteiger partial charge >= 0.3 is 0 Å². The minimum absolute atomic E-state index is 0.0184. The number of thioether (sulfide) groups is 1. The van der Waals surface area contributed by atoms with Crippen LogP contribution >= 0.6 is 11.8 Å². The van der Waals surface area contributed by atoms with Gasteiger partial charge in [0, 0.05) is 17.8 Å². The van der Waals surface area contributed by atoms with Crippen LogP contribution in [0.5, 0.6) is 0 Å². The minimum atomic E-state index is -0.644. The summed E-state index contributed by atoms with van der Waals surface area (Å²) in [5.74, 6) is -0.950. The van der Waals surface area contributed by atoms with Gasteiger partial charge in [0.25, 0.3) is 0 Å². The summed E-state index contributed by atoms with van der Waals surface area (Å²) in [6.07, 6.45) is 4.90. The highest BCUT2D eigenvalue weighted by atomic mass is 32.2. The van der Waals surface area contributed by atoms with E-state index in [9.17, 15) is 19.5 Å². The molecule has 3 aliphatic rings. The number of aliphatic hydroxyl groups is 1. The normalized spacial score (nSPS) is 32.8. The smallest absolute Gasteiger partial charge is 0.244 e. The first-order chi connectivity index (χ1) is 15.2. The lowest BCUT2D eigenvalue weighted by molar-refractivity contribution is -0.143. The molecule has 3 heterocycles. The summed E-state index contributed by atoms with van der Waals surface area (Å²) in [5, 5.41) is 16.4. The maximum Gasteiger partial charge on any atom is 0.244 e. The van der Waals surface area contributed by atoms with E-state index in [2.05, 4.69) is 31.4 Å². The maximum absolute atomic E-state index is 13.9. The van der Waals surface area contributed by atoms with Crippen molar-refractivity contribution in [3.8, 4) is 0 Å². The molecule has 3 fully saturated rings. The van der Waals surface area contributed by atoms with Gasteiger partial charge < -0.3 is 20.6 Å². The molecular weight excluding hydrogens is 426 g/mol. The zero-order valence-corrected chi connectivity index (χ0v) is 21.0. The number of hydrogen-bond donors (Lipinski definition) is 3. The van der Waals surface area contributed by atoms with E-state index in [0.717, 1.165) is 32.1 Å². The summed E-state index contributed by atoms with van der Waals surface area (Å²) in [6.45, 7) is 10.6. The first-order valence-electron chi connectivity index (χ1n) is 12.4. The largest absolute Gasteiger partial charge is 0.394 e. The van der Waals surface area contributed by atoms with E-state index < -0.39 is 28.7 Å². The monoisotopic (exact) mass is 467 g/mol. The lowest BCUT2D eigenvalue weighted by atomic mass is 9.70. The summed E-state index contributed by atoms with van der Waals surface area (Å²) in [5.41, 5.74) is 0. The number of fused-ring (bicyclic) bond motifs is 1. The molecule has 7 atom stereocenters. The Labute approximate surface area is 196 Å². The lowest BCUT2D eigenvalue weighted by Crippen LogP contribution is -2.57. The van der Waals surface area contributed by atoms with E-state index >= 15 is 0 Å². The SMILES string of the molecule is CCCNC(=O)[C@@H]1[C@@H]2CCC3(S2)C(C(=O)NC(C)CCC)N([C@@H](CO)CC(C)C)C(=O)[C@H]13. The lowest BCUT2D eigenvalue weighted by Gasteiger charge is -2.38. The third kappa shape index (κ3) is 4.41. The molecule has 0 aromatic heterocycles. The van der Waals surface area contributed by atoms with Gasteiger partial charge in [-0.1, -0.05) is 34.1 Å². The molecule has 3 N–H and O–H groups in total. The van der Waals surface area contributed by atoms with Gasteiger partial charge in [-0.15, -0.1) is 11.8 Å². The second-order valence-electron chi connectivity index (χ2n) is 10.3. The highest BCUT2D eigenvalue weighted by Crippen LogP contribution is 2.66. The quantitative estimate of drug-likeness (QED) is 0.433. The zero-order valence-electron chi connectivity index (χ0n) is 20.2. The van der Waals surface area contributed by atoms with Crippen LogP contribution in [-0.4, -0.2) is 69.0 Å². The molecule has 3 saturated heterocycles. The number of rotatable bonds is 11. The molecule has 0 aromatic carbocycles. The van der Waals surface area contributed by atoms with E-state index in [4.69, 9.17) is 0 Å². The van der Waals surface area contributed by atoms with Crippen molar-refractivity contribution >= 4 is 29.5 Å². The summed E-state index contributed by atoms with van der Waals surface area (Å²) in [4.78, 5) is 42.3. The number of carbonyl (C=O) groups is 3. The molecule has 3 rings (SSSR count). The molecule has 3 aliphatic heterocycles. The number of likely N-dealkylation sites (tertiary alicyclic amines) is 1. The Kier molecular flexibility index (Phi) is 8.18. The van der Waals surface area contributed by atoms with Crippen molar-refractivity contribution in [2.75, 3.05) is 13.2 Å². The van der Waals surface area contributed by atoms with Crippen molar-refractivity contribution in [2.45, 2.75) is 101 Å². The fourth-order valence-electron chi connectivity index (χ4n) is 6.10. The first kappa shape index (κ1) is 25.3. The number of hydrogen-bond acceptors (Lipinski definition) is 5. The first-order valence-corrected chi connectivity index (χ1v) is 13.3. The van der Waals surface area contributed by atoms with E-state index in [1.807, 2.05) is 13.8 Å². The van der Waals surface area contributed by atoms with Crippen LogP contribution in [0.4, 0.5) is 0 Å². The van der Waals surface area contributed by atoms with Gasteiger partial charge in [-0.05, 0) is 44.9 Å². The second kappa shape index (κ2) is 10.3. The van der Waals surface area contributed by atoms with Crippen molar-refractivity contribution < 1.29 is 19.5 Å². The van der Waals surface area contributed by atoms with Crippen LogP contribution in [0.3, 0.4) is 0 Å². The average molecular weight is 468 g/mol. The fraction of sp³-hybridized carbons (Fsp3) is 0.875. The van der Waals surface area contributed by atoms with Crippen LogP contribution in [0.25, 0.3) is 0 Å². The Morgan fingerprint density at radius 3 is 2.53 bits per heavy atom. The molecule has 8 heteroatoms. The van der Waals surface area contributed by atoms with Gasteiger partial charge in [0.05, 0.1) is 29.2 Å². The van der Waals surface area contributed by atoms with Crippen LogP contribution < -0.4 is 10.6 Å². The van der Waals surface area contributed by atoms with Gasteiger partial charge in [0.15, 0.2) is 0 Å². The van der Waals surface area contributed by atoms with Crippen molar-refractivity contribution in [2.24, 2.45) is 17.8 Å². The predicted molar refractivity (Wildman–Crippen MR) is 127 cm³/mol. The van der Waals surface area contributed by atoms with E-state index in [1.54, 1.807) is 16.7 Å². The summed E-state index contributed by atoms with van der Waals surface area (Å²) in [7, 11) is 0. The van der Waals surface area contributed by atoms with E-state index in [-0.39, 0.29) is 41.5 Å². The molecule has 1 spiro atoms. The molecule has 7 nitrogen and oxygen atoms in total. The Morgan fingerprint density at radius 2 is 1.94 bits per heavy atom. The molecule has 0 radical (unpaired) electrons. The van der Waals surface area contributed by atoms with Crippen LogP contribution in [0.1, 0.15) is 73.1 Å². The van der Waals surface area contributed by atoms with Crippen molar-refractivity contribution in [3.05, 3.63) is 0 Å². The van der Waals surface area contributed by atoms with Crippen LogP contribution in [0, 0.1) is 17.8 Å². The van der Waals surface area contributed by atoms with Crippen molar-refractivity contribution in [1.29, 1.82) is 0 Å².